The van der Waals surface area contributed by atoms with Crippen LogP contribution in [0.2, 0.25) is 0 Å². The molecule has 3 aromatic heterocycles. The molecule has 2 N–H and O–H groups in total. The maximum absolute atomic E-state index is 13.3. The van der Waals surface area contributed by atoms with Crippen molar-refractivity contribution in [1.82, 2.24) is 24.6 Å². The van der Waals surface area contributed by atoms with Gasteiger partial charge in [0.15, 0.2) is 0 Å². The van der Waals surface area contributed by atoms with Crippen molar-refractivity contribution in [3.8, 4) is 22.3 Å². The topological polar surface area (TPSA) is 113 Å². The predicted octanol–water partition coefficient (Wildman–Crippen LogP) is 3.76. The van der Waals surface area contributed by atoms with E-state index in [1.165, 1.54) is 0 Å². The van der Waals surface area contributed by atoms with Crippen LogP contribution in [0.3, 0.4) is 0 Å². The summed E-state index contributed by atoms with van der Waals surface area (Å²) in [7, 11) is -1.71. The van der Waals surface area contributed by atoms with Gasteiger partial charge in [-0.05, 0) is 55.0 Å². The van der Waals surface area contributed by atoms with Gasteiger partial charge in [0.25, 0.3) is 5.91 Å². The molecule has 10 heteroatoms. The number of hydrogen-bond acceptors (Lipinski definition) is 5. The Bertz CT molecular complexity index is 1600. The third-order valence-electron chi connectivity index (χ3n) is 7.01. The number of benzene rings is 1. The van der Waals surface area contributed by atoms with E-state index in [-0.39, 0.29) is 11.9 Å². The van der Waals surface area contributed by atoms with Crippen LogP contribution >= 0.6 is 0 Å². The zero-order chi connectivity index (χ0) is 24.5. The van der Waals surface area contributed by atoms with Crippen LogP contribution in [-0.4, -0.2) is 51.3 Å². The lowest BCUT2D eigenvalue weighted by Gasteiger charge is -2.24. The van der Waals surface area contributed by atoms with Gasteiger partial charge in [-0.25, -0.2) is 13.4 Å². The molecule has 1 fully saturated rings. The number of sulfonamides is 1. The Labute approximate surface area is 203 Å². The molecule has 9 nitrogen and oxygen atoms in total. The van der Waals surface area contributed by atoms with Gasteiger partial charge in [-0.15, -0.1) is 0 Å². The summed E-state index contributed by atoms with van der Waals surface area (Å²) in [5.41, 5.74) is 5.93. The van der Waals surface area contributed by atoms with Crippen molar-refractivity contribution in [2.24, 2.45) is 13.0 Å². The number of fused-ring (bicyclic) bond motifs is 2. The van der Waals surface area contributed by atoms with Gasteiger partial charge in [-0.2, -0.15) is 5.10 Å². The van der Waals surface area contributed by atoms with Gasteiger partial charge in [-0.1, -0.05) is 0 Å². The van der Waals surface area contributed by atoms with E-state index in [0.29, 0.717) is 23.7 Å². The van der Waals surface area contributed by atoms with Crippen molar-refractivity contribution in [3.05, 3.63) is 54.1 Å². The Kier molecular flexibility index (Phi) is 4.79. The molecule has 1 amide bonds. The number of rotatable bonds is 6. The van der Waals surface area contributed by atoms with Crippen molar-refractivity contribution >= 4 is 32.7 Å². The molecule has 6 rings (SSSR count). The normalized spacial score (nSPS) is 16.7. The first-order valence-corrected chi connectivity index (χ1v) is 13.5. The molecule has 180 valence electrons. The molecule has 0 unspecified atom stereocenters. The Balaban J connectivity index is 1.47. The van der Waals surface area contributed by atoms with Crippen molar-refractivity contribution in [2.45, 2.75) is 32.4 Å². The molecule has 1 aromatic carbocycles. The van der Waals surface area contributed by atoms with Crippen LogP contribution in [0, 0.1) is 5.92 Å². The van der Waals surface area contributed by atoms with E-state index in [1.54, 1.807) is 23.1 Å². The average Bonchev–Trinajstić information content (AvgIpc) is 3.29. The van der Waals surface area contributed by atoms with Crippen LogP contribution in [0.15, 0.2) is 43.0 Å². The number of aromatic nitrogens is 4. The maximum atomic E-state index is 13.3. The molecule has 4 heterocycles. The van der Waals surface area contributed by atoms with E-state index >= 15 is 0 Å². The summed E-state index contributed by atoms with van der Waals surface area (Å²) in [6.45, 7) is 2.55. The number of pyridine rings is 1. The fraction of sp³-hybridized carbons (Fsp3) is 0.320. The molecule has 0 spiro atoms. The third-order valence-corrected chi connectivity index (χ3v) is 7.60. The first-order chi connectivity index (χ1) is 16.7. The van der Waals surface area contributed by atoms with E-state index in [2.05, 4.69) is 26.7 Å². The van der Waals surface area contributed by atoms with Crippen LogP contribution in [0.1, 0.15) is 35.7 Å². The molecule has 1 aliphatic carbocycles. The zero-order valence-corrected chi connectivity index (χ0v) is 20.6. The second-order valence-electron chi connectivity index (χ2n) is 9.67. The molecule has 1 atom stereocenters. The fourth-order valence-corrected chi connectivity index (χ4v) is 5.61. The van der Waals surface area contributed by atoms with Crippen LogP contribution in [-0.2, 0) is 23.6 Å². The summed E-state index contributed by atoms with van der Waals surface area (Å²) in [5.74, 6) is 0.403. The van der Waals surface area contributed by atoms with Crippen molar-refractivity contribution in [3.63, 3.8) is 0 Å². The Hall–Kier alpha value is -3.66. The van der Waals surface area contributed by atoms with Gasteiger partial charge < -0.3 is 9.88 Å². The van der Waals surface area contributed by atoms with Crippen LogP contribution in [0.25, 0.3) is 33.3 Å². The minimum absolute atomic E-state index is 0.116. The van der Waals surface area contributed by atoms with E-state index in [0.717, 1.165) is 57.9 Å². The summed E-state index contributed by atoms with van der Waals surface area (Å²) in [4.78, 5) is 23.0. The minimum atomic E-state index is -3.58. The van der Waals surface area contributed by atoms with Gasteiger partial charge in [0.2, 0.25) is 10.0 Å². The SMILES string of the molecule is C[C@@H](C1CC1)N1Cc2cc(-c3cnc4[nH]cc(-c5cnn(C)c5)c4c3)cc(NS(C)(=O)=O)c2C1=O. The van der Waals surface area contributed by atoms with Crippen LogP contribution in [0.5, 0.6) is 0 Å². The van der Waals surface area contributed by atoms with Gasteiger partial charge in [0.05, 0.1) is 23.7 Å². The molecule has 0 saturated heterocycles. The Morgan fingerprint density at radius 2 is 1.94 bits per heavy atom. The number of H-pyrrole nitrogens is 1. The van der Waals surface area contributed by atoms with Crippen molar-refractivity contribution < 1.29 is 13.2 Å². The van der Waals surface area contributed by atoms with E-state index in [1.807, 2.05) is 36.5 Å². The number of carbonyl (C=O) groups is 1. The number of aryl methyl sites for hydroxylation is 1. The van der Waals surface area contributed by atoms with Gasteiger partial charge in [0, 0.05) is 60.3 Å². The van der Waals surface area contributed by atoms with Crippen molar-refractivity contribution in [2.75, 3.05) is 11.0 Å². The first kappa shape index (κ1) is 21.8. The van der Waals surface area contributed by atoms with Gasteiger partial charge in [0.1, 0.15) is 5.65 Å². The highest BCUT2D eigenvalue weighted by atomic mass is 32.2. The van der Waals surface area contributed by atoms with Crippen LogP contribution < -0.4 is 4.72 Å². The van der Waals surface area contributed by atoms with Crippen LogP contribution in [0.4, 0.5) is 5.69 Å². The maximum Gasteiger partial charge on any atom is 0.256 e. The quantitative estimate of drug-likeness (QED) is 0.427. The highest BCUT2D eigenvalue weighted by molar-refractivity contribution is 7.92. The second-order valence-corrected chi connectivity index (χ2v) is 11.4. The second kappa shape index (κ2) is 7.67. The molecular formula is C25H26N6O3S. The standard InChI is InChI=1S/C25H26N6O3S/c1-14(15-4-5-15)31-13-18-6-16(8-22(23(18)25(31)32)29-35(3,33)34)17-7-20-21(11-27-24(20)26-9-17)19-10-28-30(2)12-19/h6-12,14-15,29H,4-5,13H2,1-3H3,(H,26,27)/t14-/m0/s1. The summed E-state index contributed by atoms with van der Waals surface area (Å²) in [6.07, 6.45) is 10.8. The smallest absolute Gasteiger partial charge is 0.256 e. The number of nitrogens with zero attached hydrogens (tertiary/aromatic N) is 4. The summed E-state index contributed by atoms with van der Waals surface area (Å²) in [5, 5.41) is 5.21. The van der Waals surface area contributed by atoms with Gasteiger partial charge >= 0.3 is 0 Å². The molecule has 2 aliphatic rings. The molecule has 0 radical (unpaired) electrons. The molecule has 4 aromatic rings. The Morgan fingerprint density at radius 1 is 1.14 bits per heavy atom. The average molecular weight is 491 g/mol. The lowest BCUT2D eigenvalue weighted by molar-refractivity contribution is 0.0698. The van der Waals surface area contributed by atoms with E-state index < -0.39 is 10.0 Å². The third kappa shape index (κ3) is 3.87. The number of anilines is 1. The summed E-state index contributed by atoms with van der Waals surface area (Å²) >= 11 is 0. The zero-order valence-electron chi connectivity index (χ0n) is 19.7. The summed E-state index contributed by atoms with van der Waals surface area (Å²) < 4.78 is 28.7. The number of aromatic amines is 1. The number of nitrogens with one attached hydrogen (secondary N) is 2. The number of carbonyl (C=O) groups excluding carboxylic acids is 1. The van der Waals surface area contributed by atoms with E-state index in [4.69, 9.17) is 0 Å². The monoisotopic (exact) mass is 490 g/mol. The highest BCUT2D eigenvalue weighted by Gasteiger charge is 2.40. The Morgan fingerprint density at radius 3 is 2.63 bits per heavy atom. The fourth-order valence-electron chi connectivity index (χ4n) is 5.05. The first-order valence-electron chi connectivity index (χ1n) is 11.6. The highest BCUT2D eigenvalue weighted by Crippen LogP contribution is 2.41. The lowest BCUT2D eigenvalue weighted by atomic mass is 9.98. The minimum Gasteiger partial charge on any atom is -0.346 e. The van der Waals surface area contributed by atoms with E-state index in [9.17, 15) is 13.2 Å². The molecule has 35 heavy (non-hydrogen) atoms. The van der Waals surface area contributed by atoms with Gasteiger partial charge in [-0.3, -0.25) is 14.2 Å². The molecule has 1 aliphatic heterocycles. The number of amides is 1. The lowest BCUT2D eigenvalue weighted by Crippen LogP contribution is -2.34. The number of hydrogen-bond donors (Lipinski definition) is 2. The molecule has 1 saturated carbocycles. The largest absolute Gasteiger partial charge is 0.346 e. The predicted molar refractivity (Wildman–Crippen MR) is 134 cm³/mol. The molecule has 0 bridgehead atoms. The summed E-state index contributed by atoms with van der Waals surface area (Å²) in [6, 6.07) is 5.89. The molecular weight excluding hydrogens is 464 g/mol. The van der Waals surface area contributed by atoms with Crippen molar-refractivity contribution in [1.29, 1.82) is 0 Å².